The Morgan fingerprint density at radius 1 is 0.674 bits per heavy atom. The molecule has 0 spiro atoms. The zero-order valence-electron chi connectivity index (χ0n) is 21.9. The van der Waals surface area contributed by atoms with Crippen LogP contribution in [0.2, 0.25) is 0 Å². The summed E-state index contributed by atoms with van der Waals surface area (Å²) in [6.07, 6.45) is -13.1. The molecule has 0 radical (unpaired) electrons. The molecule has 0 aliphatic heterocycles. The van der Waals surface area contributed by atoms with E-state index in [1.807, 2.05) is 37.7 Å². The van der Waals surface area contributed by atoms with Gasteiger partial charge in [-0.2, -0.15) is 74.6 Å². The molecule has 7 nitrogen and oxygen atoms in total. The lowest BCUT2D eigenvalue weighted by Crippen LogP contribution is -2.74. The van der Waals surface area contributed by atoms with Crippen molar-refractivity contribution in [2.75, 3.05) is 34.8 Å². The molecule has 0 aliphatic carbocycles. The number of aliphatic carboxylic acids is 1. The maximum Gasteiger partial charge on any atom is 0.460 e. The Balaban J connectivity index is 0. The monoisotopic (exact) mass is 679 g/mol. The van der Waals surface area contributed by atoms with Crippen LogP contribution in [-0.4, -0.2) is 110 Å². The minimum Gasteiger partial charge on any atom is -0.550 e. The molecule has 256 valence electrons. The summed E-state index contributed by atoms with van der Waals surface area (Å²) < 4.78 is 227. The number of rotatable bonds is 12. The van der Waals surface area contributed by atoms with E-state index in [1.54, 1.807) is 0 Å². The normalized spacial score (nSPS) is 14.0. The van der Waals surface area contributed by atoms with E-state index in [-0.39, 0.29) is 0 Å². The highest BCUT2D eigenvalue weighted by molar-refractivity contribution is 5.75. The van der Waals surface area contributed by atoms with Crippen LogP contribution >= 0.6 is 0 Å². The van der Waals surface area contributed by atoms with Crippen LogP contribution in [-0.2, 0) is 14.3 Å². The topological polar surface area (TPSA) is 98.7 Å². The first kappa shape index (κ1) is 42.2. The Hall–Kier alpha value is -2.98. The van der Waals surface area contributed by atoms with Crippen LogP contribution in [0.4, 0.5) is 74.6 Å². The number of hydrogen-bond acceptors (Lipinski definition) is 4. The molecule has 0 fully saturated rings. The first-order chi connectivity index (χ1) is 18.6. The van der Waals surface area contributed by atoms with E-state index >= 15 is 0 Å². The number of nitrogens with zero attached hydrogens (tertiary/aromatic N) is 2. The smallest absolute Gasteiger partial charge is 0.460 e. The lowest BCUT2D eigenvalue weighted by molar-refractivity contribution is -0.470. The van der Waals surface area contributed by atoms with Crippen molar-refractivity contribution in [3.8, 4) is 0 Å². The number of carboxylic acid groups (broad SMARTS) is 1. The van der Waals surface area contributed by atoms with Gasteiger partial charge in [-0.05, 0) is 6.42 Å². The predicted molar refractivity (Wildman–Crippen MR) is 105 cm³/mol. The number of ether oxygens (including phenoxy) is 1. The highest BCUT2D eigenvalue weighted by Crippen LogP contribution is 2.64. The number of carboxylic acids is 1. The number of carbonyl (C=O) groups is 2. The van der Waals surface area contributed by atoms with E-state index < -0.39 is 85.4 Å². The van der Waals surface area contributed by atoms with Crippen LogP contribution in [0.15, 0.2) is 0 Å². The van der Waals surface area contributed by atoms with Crippen LogP contribution in [0, 0.1) is 0 Å². The number of carbonyl (C=O) groups excluding carboxylic acids is 2. The van der Waals surface area contributed by atoms with Crippen LogP contribution in [0.25, 0.3) is 0 Å². The lowest BCUT2D eigenvalue weighted by Gasteiger charge is -2.42. The van der Waals surface area contributed by atoms with Crippen LogP contribution in [0.3, 0.4) is 0 Å². The zero-order valence-corrected chi connectivity index (χ0v) is 21.9. The molecule has 0 heterocycles. The molecule has 0 aromatic carbocycles. The summed E-state index contributed by atoms with van der Waals surface area (Å²) in [6.45, 7) is -2.13. The van der Waals surface area contributed by atoms with Gasteiger partial charge in [0.05, 0.1) is 47.6 Å². The van der Waals surface area contributed by atoms with Crippen molar-refractivity contribution < 1.29 is 98.6 Å². The fourth-order valence-corrected chi connectivity index (χ4v) is 2.32. The fraction of sp³-hybridized carbons (Fsp3) is 0.842. The highest BCUT2D eigenvalue weighted by Gasteiger charge is 2.95. The van der Waals surface area contributed by atoms with Gasteiger partial charge in [0.2, 0.25) is 0 Å². The first-order valence-corrected chi connectivity index (χ1v) is 10.7. The Morgan fingerprint density at radius 3 is 1.30 bits per heavy atom. The summed E-state index contributed by atoms with van der Waals surface area (Å²) >= 11 is 0. The third-order valence-electron chi connectivity index (χ3n) is 4.92. The molecular weight excluding hydrogens is 657 g/mol. The van der Waals surface area contributed by atoms with Gasteiger partial charge < -0.3 is 14.6 Å². The van der Waals surface area contributed by atoms with Crippen LogP contribution < -0.4 is 10.8 Å². The van der Waals surface area contributed by atoms with Crippen molar-refractivity contribution in [3.63, 3.8) is 0 Å². The minimum atomic E-state index is -8.72. The molecule has 24 heteroatoms. The molecule has 0 amide bonds. The van der Waals surface area contributed by atoms with Crippen molar-refractivity contribution in [1.82, 2.24) is 4.90 Å². The van der Waals surface area contributed by atoms with Crippen molar-refractivity contribution in [1.29, 1.82) is 0 Å². The summed E-state index contributed by atoms with van der Waals surface area (Å²) in [5, 5.41) is 10.0. The Morgan fingerprint density at radius 2 is 1.02 bits per heavy atom. The average Bonchev–Trinajstić information content (AvgIpc) is 2.80. The zero-order chi connectivity index (χ0) is 35.4. The molecule has 0 saturated carbocycles. The molecular formula is C19H22F17N3O4. The molecule has 43 heavy (non-hydrogen) atoms. The van der Waals surface area contributed by atoms with Gasteiger partial charge in [0.1, 0.15) is 0 Å². The predicted octanol–water partition coefficient (Wildman–Crippen LogP) is 3.59. The van der Waals surface area contributed by atoms with Gasteiger partial charge in [0, 0.05) is 5.97 Å². The van der Waals surface area contributed by atoms with Gasteiger partial charge in [-0.1, -0.05) is 0 Å². The summed E-state index contributed by atoms with van der Waals surface area (Å²) in [6, 6.07) is 0. The summed E-state index contributed by atoms with van der Waals surface area (Å²) in [5.41, 5.74) is 5.53. The van der Waals surface area contributed by atoms with Crippen molar-refractivity contribution in [2.24, 2.45) is 5.73 Å². The number of nitrogens with two attached hydrogens (primary N) is 1. The van der Waals surface area contributed by atoms with Gasteiger partial charge >= 0.3 is 59.6 Å². The Bertz CT molecular complexity index is 1010. The van der Waals surface area contributed by atoms with E-state index in [4.69, 9.17) is 5.73 Å². The molecule has 0 unspecified atom stereocenters. The van der Waals surface area contributed by atoms with Crippen molar-refractivity contribution >= 4 is 17.9 Å². The summed E-state index contributed by atoms with van der Waals surface area (Å²) in [4.78, 5) is 22.8. The fourth-order valence-electron chi connectivity index (χ4n) is 2.32. The van der Waals surface area contributed by atoms with E-state index in [9.17, 15) is 89.3 Å². The molecule has 2 N–H and O–H groups in total. The lowest BCUT2D eigenvalue weighted by atomic mass is 9.88. The number of hydrogen-bond donors (Lipinski definition) is 1. The van der Waals surface area contributed by atoms with Crippen LogP contribution in [0.5, 0.6) is 0 Å². The number of esters is 1. The van der Waals surface area contributed by atoms with Gasteiger partial charge in [0.15, 0.2) is 0 Å². The van der Waals surface area contributed by atoms with Crippen LogP contribution in [0.1, 0.15) is 19.3 Å². The summed E-state index contributed by atoms with van der Waals surface area (Å²) in [5.74, 6) is -60.2. The molecule has 0 rings (SSSR count). The largest absolute Gasteiger partial charge is 0.550 e. The van der Waals surface area contributed by atoms with Gasteiger partial charge in [-0.25, -0.2) is 0 Å². The second-order valence-electron chi connectivity index (χ2n) is 8.64. The SMILES string of the molecule is CN(C)C(N)=[N+](C)C.O=C([O-])CCC(=O)OCCC(F)(F)C(F)(F)C(F)(F)C(F)(F)C(F)(F)C(F)(F)C(F)(F)C(F)(F)F. The Kier molecular flexibility index (Phi) is 13.1. The number of halogens is 17. The van der Waals surface area contributed by atoms with Gasteiger partial charge in [-0.3, -0.25) is 20.0 Å². The molecule has 0 saturated heterocycles. The molecule has 0 aromatic rings. The average molecular weight is 679 g/mol. The number of alkyl halides is 17. The molecule has 0 aromatic heterocycles. The summed E-state index contributed by atoms with van der Waals surface area (Å²) in [7, 11) is 7.65. The first-order valence-electron chi connectivity index (χ1n) is 10.7. The second kappa shape index (κ2) is 13.3. The standard InChI is InChI=1S/C14H9F17O4.C5H13N3/c15-7(16,3-4-35-6(34)2-1-5(32)33)8(17,18)9(19,20)10(21,22)11(23,24)12(25,26)13(27,28)14(29,30)31;1-7(2)5(6)8(3)4/h1-4H2,(H,32,33);6H,1-4H3. The molecule has 0 bridgehead atoms. The quantitative estimate of drug-likeness (QED) is 0.111. The maximum atomic E-state index is 13.5. The number of guanidine groups is 1. The van der Waals surface area contributed by atoms with Crippen molar-refractivity contribution in [3.05, 3.63) is 0 Å². The maximum absolute atomic E-state index is 13.5. The van der Waals surface area contributed by atoms with E-state index in [1.165, 1.54) is 0 Å². The molecule has 0 atom stereocenters. The van der Waals surface area contributed by atoms with Gasteiger partial charge in [0.25, 0.3) is 0 Å². The molecule has 0 aliphatic rings. The second-order valence-corrected chi connectivity index (χ2v) is 8.64. The third kappa shape index (κ3) is 8.35. The van der Waals surface area contributed by atoms with E-state index in [2.05, 4.69) is 4.74 Å². The van der Waals surface area contributed by atoms with E-state index in [0.29, 0.717) is 0 Å². The minimum absolute atomic E-state index is 0.769. The van der Waals surface area contributed by atoms with E-state index in [0.717, 1.165) is 5.96 Å². The van der Waals surface area contributed by atoms with Crippen molar-refractivity contribution in [2.45, 2.75) is 66.9 Å². The third-order valence-corrected chi connectivity index (χ3v) is 4.92. The highest BCUT2D eigenvalue weighted by atomic mass is 19.4. The Labute approximate surface area is 230 Å². The van der Waals surface area contributed by atoms with Gasteiger partial charge in [-0.15, -0.1) is 0 Å².